The number of hydrogen-bond acceptors (Lipinski definition) is 4. The molecule has 5 atom stereocenters. The van der Waals surface area contributed by atoms with Crippen molar-refractivity contribution in [2.45, 2.75) is 48.9 Å². The third-order valence-electron chi connectivity index (χ3n) is 7.64. The molecule has 1 amide bonds. The van der Waals surface area contributed by atoms with E-state index in [1.807, 2.05) is 55.1 Å². The summed E-state index contributed by atoms with van der Waals surface area (Å²) in [5, 5.41) is 5.23. The molecule has 0 saturated heterocycles. The number of carbonyl (C=O) groups is 1. The molecule has 3 aliphatic rings. The van der Waals surface area contributed by atoms with Crippen molar-refractivity contribution in [3.63, 3.8) is 0 Å². The van der Waals surface area contributed by atoms with Crippen molar-refractivity contribution < 1.29 is 4.79 Å². The highest BCUT2D eigenvalue weighted by Gasteiger charge is 2.55. The molecule has 6 rings (SSSR count). The molecule has 33 heavy (non-hydrogen) atoms. The van der Waals surface area contributed by atoms with Crippen molar-refractivity contribution >= 4 is 46.3 Å². The largest absolute Gasteiger partial charge is 0.324 e. The number of para-hydroxylation sites is 1. The van der Waals surface area contributed by atoms with Gasteiger partial charge >= 0.3 is 4.87 Å². The molecule has 7 heteroatoms. The molecule has 0 radical (unpaired) electrons. The lowest BCUT2D eigenvalue weighted by Gasteiger charge is -2.40. The van der Waals surface area contributed by atoms with E-state index < -0.39 is 0 Å². The molecule has 1 N–H and O–H groups in total. The van der Waals surface area contributed by atoms with Crippen LogP contribution in [0.5, 0.6) is 0 Å². The zero-order valence-electron chi connectivity index (χ0n) is 18.3. The van der Waals surface area contributed by atoms with Crippen molar-refractivity contribution in [1.29, 1.82) is 0 Å². The van der Waals surface area contributed by atoms with E-state index in [-0.39, 0.29) is 23.2 Å². The third-order valence-corrected chi connectivity index (χ3v) is 10.7. The van der Waals surface area contributed by atoms with Gasteiger partial charge in [-0.3, -0.25) is 14.2 Å². The van der Waals surface area contributed by atoms with Crippen LogP contribution in [0.3, 0.4) is 0 Å². The molecule has 170 valence electrons. The molecule has 1 aromatic heterocycles. The number of thioether (sulfide) groups is 1. The maximum Gasteiger partial charge on any atom is 0.308 e. The second-order valence-corrected chi connectivity index (χ2v) is 12.1. The lowest BCUT2D eigenvalue weighted by Crippen LogP contribution is -2.34. The zero-order chi connectivity index (χ0) is 22.7. The summed E-state index contributed by atoms with van der Waals surface area (Å²) in [6, 6.07) is 15.9. The topological polar surface area (TPSA) is 51.1 Å². The van der Waals surface area contributed by atoms with E-state index in [2.05, 4.69) is 17.4 Å². The standard InChI is InChI=1S/C26H25ClN2O2S2/c1-14-4-2-3-5-19(14)28-20(30)13-29-25-24(33-26(29)31)21(15-8-10-18(27)11-9-15)22-16-6-7-17(12-16)23(22)32-25/h2-5,8-11,16-17,21-23H,6-7,12-13H2,1H3,(H,28,30)/t16-,17-,21+,22+,23+/m0/s1. The monoisotopic (exact) mass is 496 g/mol. The van der Waals surface area contributed by atoms with Crippen molar-refractivity contribution in [1.82, 2.24) is 4.57 Å². The maximum atomic E-state index is 13.2. The molecule has 2 fully saturated rings. The van der Waals surface area contributed by atoms with Gasteiger partial charge in [0, 0.05) is 26.8 Å². The first-order valence-electron chi connectivity index (χ1n) is 11.5. The first-order chi connectivity index (χ1) is 16.0. The average molecular weight is 497 g/mol. The highest BCUT2D eigenvalue weighted by molar-refractivity contribution is 8.00. The van der Waals surface area contributed by atoms with Gasteiger partial charge in [-0.15, -0.1) is 11.8 Å². The second-order valence-electron chi connectivity index (χ2n) is 9.51. The van der Waals surface area contributed by atoms with Crippen LogP contribution in [0, 0.1) is 24.7 Å². The summed E-state index contributed by atoms with van der Waals surface area (Å²) in [5.41, 5.74) is 3.04. The molecule has 4 nitrogen and oxygen atoms in total. The number of halogens is 1. The van der Waals surface area contributed by atoms with Crippen LogP contribution in [0.25, 0.3) is 0 Å². The number of anilines is 1. The van der Waals surface area contributed by atoms with Crippen LogP contribution >= 0.6 is 34.7 Å². The molecule has 2 aliphatic carbocycles. The van der Waals surface area contributed by atoms with Gasteiger partial charge in [-0.25, -0.2) is 0 Å². The summed E-state index contributed by atoms with van der Waals surface area (Å²) in [7, 11) is 0. The summed E-state index contributed by atoms with van der Waals surface area (Å²) in [6.07, 6.45) is 3.86. The number of hydrogen-bond donors (Lipinski definition) is 1. The summed E-state index contributed by atoms with van der Waals surface area (Å²) in [4.78, 5) is 27.2. The van der Waals surface area contributed by atoms with Crippen LogP contribution in [0.1, 0.15) is 41.2 Å². The van der Waals surface area contributed by atoms with Gasteiger partial charge in [-0.05, 0) is 73.3 Å². The molecule has 2 heterocycles. The number of rotatable bonds is 4. The second kappa shape index (κ2) is 8.33. The Morgan fingerprint density at radius 1 is 1.12 bits per heavy atom. The van der Waals surface area contributed by atoms with Gasteiger partial charge < -0.3 is 5.32 Å². The van der Waals surface area contributed by atoms with E-state index in [1.165, 1.54) is 36.2 Å². The zero-order valence-corrected chi connectivity index (χ0v) is 20.7. The number of carbonyl (C=O) groups excluding carboxylic acids is 1. The predicted molar refractivity (Wildman–Crippen MR) is 136 cm³/mol. The van der Waals surface area contributed by atoms with Crippen molar-refractivity contribution in [3.8, 4) is 0 Å². The molecule has 0 spiro atoms. The summed E-state index contributed by atoms with van der Waals surface area (Å²) in [5.74, 6) is 2.02. The Balaban J connectivity index is 1.37. The highest BCUT2D eigenvalue weighted by atomic mass is 35.5. The van der Waals surface area contributed by atoms with Gasteiger partial charge in [0.1, 0.15) is 6.54 Å². The Bertz CT molecular complexity index is 1280. The quantitative estimate of drug-likeness (QED) is 0.470. The van der Waals surface area contributed by atoms with E-state index in [0.29, 0.717) is 17.1 Å². The third kappa shape index (κ3) is 3.67. The number of nitrogens with one attached hydrogen (secondary N) is 1. The van der Waals surface area contributed by atoms with Gasteiger partial charge in [-0.1, -0.05) is 53.3 Å². The molecule has 3 aromatic rings. The van der Waals surface area contributed by atoms with Crippen molar-refractivity contribution in [2.75, 3.05) is 5.32 Å². The number of aromatic nitrogens is 1. The van der Waals surface area contributed by atoms with Gasteiger partial charge in [0.2, 0.25) is 5.91 Å². The lowest BCUT2D eigenvalue weighted by atomic mass is 9.75. The fourth-order valence-corrected chi connectivity index (χ4v) is 9.45. The van der Waals surface area contributed by atoms with E-state index >= 15 is 0 Å². The van der Waals surface area contributed by atoms with E-state index in [4.69, 9.17) is 11.6 Å². The van der Waals surface area contributed by atoms with Crippen LogP contribution in [0.4, 0.5) is 5.69 Å². The minimum atomic E-state index is -0.161. The molecule has 2 saturated carbocycles. The number of nitrogens with zero attached hydrogens (tertiary/aromatic N) is 1. The Morgan fingerprint density at radius 3 is 2.67 bits per heavy atom. The van der Waals surface area contributed by atoms with Crippen LogP contribution in [0.2, 0.25) is 5.02 Å². The smallest absolute Gasteiger partial charge is 0.308 e. The first-order valence-corrected chi connectivity index (χ1v) is 13.6. The summed E-state index contributed by atoms with van der Waals surface area (Å²) >= 11 is 9.37. The van der Waals surface area contributed by atoms with Crippen LogP contribution < -0.4 is 10.2 Å². The van der Waals surface area contributed by atoms with Crippen LogP contribution in [-0.2, 0) is 11.3 Å². The first kappa shape index (κ1) is 21.5. The average Bonchev–Trinajstić information content (AvgIpc) is 3.49. The number of benzene rings is 2. The minimum absolute atomic E-state index is 0.0429. The molecular formula is C26H25ClN2O2S2. The van der Waals surface area contributed by atoms with Crippen LogP contribution in [0.15, 0.2) is 58.4 Å². The molecular weight excluding hydrogens is 472 g/mol. The number of amides is 1. The fourth-order valence-electron chi connectivity index (χ4n) is 6.18. The molecule has 0 unspecified atom stereocenters. The number of thiazole rings is 1. The highest BCUT2D eigenvalue weighted by Crippen LogP contribution is 2.64. The molecule has 2 bridgehead atoms. The molecule has 2 aromatic carbocycles. The fraction of sp³-hybridized carbons (Fsp3) is 0.385. The molecule has 1 aliphatic heterocycles. The van der Waals surface area contributed by atoms with Crippen molar-refractivity contribution in [3.05, 3.63) is 79.2 Å². The SMILES string of the molecule is Cc1ccccc1NC(=O)Cn1c2c(sc1=O)[C@H](c1ccc(Cl)cc1)[C@H]1[C@H]3CC[C@@H](C3)[C@H]1S2. The maximum absolute atomic E-state index is 13.2. The van der Waals surface area contributed by atoms with Gasteiger partial charge in [0.05, 0.1) is 5.03 Å². The Morgan fingerprint density at radius 2 is 1.88 bits per heavy atom. The summed E-state index contributed by atoms with van der Waals surface area (Å²) in [6.45, 7) is 2.01. The Kier molecular flexibility index (Phi) is 5.43. The van der Waals surface area contributed by atoms with Gasteiger partial charge in [-0.2, -0.15) is 0 Å². The van der Waals surface area contributed by atoms with E-state index in [0.717, 1.165) is 32.1 Å². The van der Waals surface area contributed by atoms with E-state index in [9.17, 15) is 9.59 Å². The normalized spacial score (nSPS) is 27.3. The van der Waals surface area contributed by atoms with Gasteiger partial charge in [0.25, 0.3) is 0 Å². The summed E-state index contributed by atoms with van der Waals surface area (Å²) < 4.78 is 1.71. The van der Waals surface area contributed by atoms with E-state index in [1.54, 1.807) is 4.57 Å². The van der Waals surface area contributed by atoms with Gasteiger partial charge in [0.15, 0.2) is 0 Å². The Hall–Kier alpha value is -2.02. The number of fused-ring (bicyclic) bond motifs is 6. The van der Waals surface area contributed by atoms with Crippen LogP contribution in [-0.4, -0.2) is 15.7 Å². The lowest BCUT2D eigenvalue weighted by molar-refractivity contribution is -0.116. The van der Waals surface area contributed by atoms with Crippen molar-refractivity contribution in [2.24, 2.45) is 17.8 Å². The number of aryl methyl sites for hydroxylation is 1. The minimum Gasteiger partial charge on any atom is -0.324 e. The predicted octanol–water partition coefficient (Wildman–Crippen LogP) is 6.16. The Labute approximate surface area is 206 Å².